The molecule has 0 radical (unpaired) electrons. The fraction of sp³-hybridized carbons (Fsp3) is 0.0833. The van der Waals surface area contributed by atoms with Crippen LogP contribution in [0.15, 0.2) is 30.0 Å². The molecule has 98 valence electrons. The van der Waals surface area contributed by atoms with Gasteiger partial charge in [-0.3, -0.25) is 0 Å². The number of anilines is 1. The lowest BCUT2D eigenvalue weighted by Crippen LogP contribution is -2.06. The van der Waals surface area contributed by atoms with Gasteiger partial charge in [0.15, 0.2) is 5.57 Å². The summed E-state index contributed by atoms with van der Waals surface area (Å²) in [4.78, 5) is 22.0. The number of nitriles is 1. The Hall–Kier alpha value is -2.52. The van der Waals surface area contributed by atoms with Crippen LogP contribution in [0, 0.1) is 11.3 Å². The number of methoxy groups -OCH3 is 1. The third kappa shape index (κ3) is 3.47. The van der Waals surface area contributed by atoms with Gasteiger partial charge in [-0.05, 0) is 12.1 Å². The normalized spacial score (nSPS) is 10.5. The van der Waals surface area contributed by atoms with E-state index in [1.165, 1.54) is 18.2 Å². The van der Waals surface area contributed by atoms with Gasteiger partial charge >= 0.3 is 11.9 Å². The molecule has 1 aromatic carbocycles. The maximum atomic E-state index is 11.1. The molecular weight excluding hydrogens is 272 g/mol. The van der Waals surface area contributed by atoms with E-state index in [-0.39, 0.29) is 21.8 Å². The average molecular weight is 281 g/mol. The molecule has 0 fully saturated rings. The van der Waals surface area contributed by atoms with Crippen molar-refractivity contribution in [2.45, 2.75) is 0 Å². The van der Waals surface area contributed by atoms with E-state index < -0.39 is 11.9 Å². The second kappa shape index (κ2) is 6.42. The quantitative estimate of drug-likeness (QED) is 0.497. The molecule has 6 nitrogen and oxygen atoms in total. The van der Waals surface area contributed by atoms with Gasteiger partial charge in [-0.1, -0.05) is 17.7 Å². The first-order valence-corrected chi connectivity index (χ1v) is 5.36. The molecule has 2 N–H and O–H groups in total. The molecule has 0 saturated carbocycles. The van der Waals surface area contributed by atoms with E-state index in [1.807, 2.05) is 0 Å². The maximum absolute atomic E-state index is 11.1. The van der Waals surface area contributed by atoms with Crippen LogP contribution in [0.25, 0.3) is 0 Å². The number of hydrogen-bond donors (Lipinski definition) is 2. The molecule has 0 amide bonds. The summed E-state index contributed by atoms with van der Waals surface area (Å²) in [5, 5.41) is 20.2. The molecule has 0 aliphatic rings. The fourth-order valence-electron chi connectivity index (χ4n) is 1.21. The number of aromatic carboxylic acids is 1. The van der Waals surface area contributed by atoms with Gasteiger partial charge in [0.1, 0.15) is 6.07 Å². The van der Waals surface area contributed by atoms with E-state index in [1.54, 1.807) is 6.07 Å². The molecule has 0 heterocycles. The Kier molecular flexibility index (Phi) is 4.92. The van der Waals surface area contributed by atoms with E-state index in [0.717, 1.165) is 13.3 Å². The highest BCUT2D eigenvalue weighted by Crippen LogP contribution is 2.26. The van der Waals surface area contributed by atoms with Crippen molar-refractivity contribution in [1.29, 1.82) is 5.26 Å². The molecule has 0 spiro atoms. The number of esters is 1. The molecule has 0 atom stereocenters. The fourth-order valence-corrected chi connectivity index (χ4v) is 1.47. The monoisotopic (exact) mass is 280 g/mol. The number of hydrogen-bond acceptors (Lipinski definition) is 5. The summed E-state index contributed by atoms with van der Waals surface area (Å²) in [5.74, 6) is -1.98. The van der Waals surface area contributed by atoms with Gasteiger partial charge in [0.2, 0.25) is 0 Å². The van der Waals surface area contributed by atoms with Crippen LogP contribution in [0.5, 0.6) is 0 Å². The van der Waals surface area contributed by atoms with Gasteiger partial charge in [0, 0.05) is 6.20 Å². The van der Waals surface area contributed by atoms with Gasteiger partial charge in [-0.25, -0.2) is 9.59 Å². The molecule has 1 aromatic rings. The molecule has 0 aliphatic carbocycles. The zero-order chi connectivity index (χ0) is 14.4. The summed E-state index contributed by atoms with van der Waals surface area (Å²) in [6, 6.07) is 5.98. The Balaban J connectivity index is 3.05. The minimum Gasteiger partial charge on any atom is -0.478 e. The Labute approximate surface area is 113 Å². The number of ether oxygens (including phenoxy) is 1. The maximum Gasteiger partial charge on any atom is 0.350 e. The van der Waals surface area contributed by atoms with E-state index >= 15 is 0 Å². The zero-order valence-corrected chi connectivity index (χ0v) is 10.6. The van der Waals surface area contributed by atoms with Crippen molar-refractivity contribution in [3.05, 3.63) is 40.6 Å². The number of halogens is 1. The molecule has 0 saturated heterocycles. The smallest absolute Gasteiger partial charge is 0.350 e. The molecule has 1 rings (SSSR count). The van der Waals surface area contributed by atoms with E-state index in [9.17, 15) is 9.59 Å². The molecule has 0 aromatic heterocycles. The van der Waals surface area contributed by atoms with E-state index in [0.29, 0.717) is 0 Å². The van der Waals surface area contributed by atoms with Gasteiger partial charge in [0.25, 0.3) is 0 Å². The predicted octanol–water partition coefficient (Wildman–Crippen LogP) is 2.03. The van der Waals surface area contributed by atoms with Crippen molar-refractivity contribution in [2.75, 3.05) is 12.4 Å². The number of nitrogens with one attached hydrogen (secondary N) is 1. The second-order valence-corrected chi connectivity index (χ2v) is 3.66. The van der Waals surface area contributed by atoms with Crippen molar-refractivity contribution < 1.29 is 19.4 Å². The molecule has 0 aliphatic heterocycles. The number of carbonyl (C=O) groups excluding carboxylic acids is 1. The summed E-state index contributed by atoms with van der Waals surface area (Å²) >= 11 is 5.87. The van der Waals surface area contributed by atoms with Crippen LogP contribution in [0.4, 0.5) is 5.69 Å². The molecule has 19 heavy (non-hydrogen) atoms. The Morgan fingerprint density at radius 2 is 2.21 bits per heavy atom. The third-order valence-corrected chi connectivity index (χ3v) is 2.53. The predicted molar refractivity (Wildman–Crippen MR) is 67.7 cm³/mol. The number of carboxylic acids is 1. The number of carboxylic acid groups (broad SMARTS) is 1. The van der Waals surface area contributed by atoms with Crippen LogP contribution in [-0.4, -0.2) is 24.2 Å². The van der Waals surface area contributed by atoms with Crippen molar-refractivity contribution >= 4 is 29.2 Å². The SMILES string of the molecule is COC(=O)C(C#N)=CNc1cccc(C(=O)O)c1Cl. The number of rotatable bonds is 4. The molecule has 0 bridgehead atoms. The highest BCUT2D eigenvalue weighted by molar-refractivity contribution is 6.36. The first-order chi connectivity index (χ1) is 9.01. The zero-order valence-electron chi connectivity index (χ0n) is 9.81. The van der Waals surface area contributed by atoms with Crippen LogP contribution in [0.2, 0.25) is 5.02 Å². The second-order valence-electron chi connectivity index (χ2n) is 3.28. The highest BCUT2D eigenvalue weighted by Gasteiger charge is 2.12. The summed E-state index contributed by atoms with van der Waals surface area (Å²) in [6.07, 6.45) is 1.10. The highest BCUT2D eigenvalue weighted by atomic mass is 35.5. The summed E-state index contributed by atoms with van der Waals surface area (Å²) < 4.78 is 4.39. The Bertz CT molecular complexity index is 590. The summed E-state index contributed by atoms with van der Waals surface area (Å²) in [5.41, 5.74) is -0.0887. The molecule has 0 unspecified atom stereocenters. The van der Waals surface area contributed by atoms with Crippen LogP contribution < -0.4 is 5.32 Å². The first-order valence-electron chi connectivity index (χ1n) is 4.98. The van der Waals surface area contributed by atoms with Crippen molar-refractivity contribution in [2.24, 2.45) is 0 Å². The largest absolute Gasteiger partial charge is 0.478 e. The third-order valence-electron chi connectivity index (χ3n) is 2.13. The van der Waals surface area contributed by atoms with Crippen LogP contribution in [0.3, 0.4) is 0 Å². The van der Waals surface area contributed by atoms with Crippen LogP contribution in [0.1, 0.15) is 10.4 Å². The van der Waals surface area contributed by atoms with Crippen molar-refractivity contribution in [3.8, 4) is 6.07 Å². The summed E-state index contributed by atoms with van der Waals surface area (Å²) in [7, 11) is 1.14. The molecular formula is C12H9ClN2O4. The number of nitrogens with zero attached hydrogens (tertiary/aromatic N) is 1. The van der Waals surface area contributed by atoms with Crippen LogP contribution >= 0.6 is 11.6 Å². The van der Waals surface area contributed by atoms with Gasteiger partial charge in [0.05, 0.1) is 23.4 Å². The Morgan fingerprint density at radius 1 is 1.53 bits per heavy atom. The van der Waals surface area contributed by atoms with E-state index in [4.69, 9.17) is 22.0 Å². The minimum absolute atomic E-state index is 0.0200. The topological polar surface area (TPSA) is 99.4 Å². The lowest BCUT2D eigenvalue weighted by molar-refractivity contribution is -0.135. The average Bonchev–Trinajstić information content (AvgIpc) is 2.40. The summed E-state index contributed by atoms with van der Waals surface area (Å²) in [6.45, 7) is 0. The van der Waals surface area contributed by atoms with Gasteiger partial charge < -0.3 is 15.2 Å². The van der Waals surface area contributed by atoms with Crippen molar-refractivity contribution in [3.63, 3.8) is 0 Å². The Morgan fingerprint density at radius 3 is 2.74 bits per heavy atom. The number of benzene rings is 1. The van der Waals surface area contributed by atoms with Crippen LogP contribution in [-0.2, 0) is 9.53 Å². The molecule has 7 heteroatoms. The van der Waals surface area contributed by atoms with E-state index in [2.05, 4.69) is 10.1 Å². The number of carbonyl (C=O) groups is 2. The standard InChI is InChI=1S/C12H9ClN2O4/c1-19-12(18)7(5-14)6-15-9-4-2-3-8(10(9)13)11(16)17/h2-4,6,15H,1H3,(H,16,17). The minimum atomic E-state index is -1.17. The van der Waals surface area contributed by atoms with Crippen molar-refractivity contribution in [1.82, 2.24) is 0 Å². The lowest BCUT2D eigenvalue weighted by Gasteiger charge is -2.06. The van der Waals surface area contributed by atoms with Gasteiger partial charge in [-0.15, -0.1) is 0 Å². The first kappa shape index (κ1) is 14.5. The lowest BCUT2D eigenvalue weighted by atomic mass is 10.2. The van der Waals surface area contributed by atoms with Gasteiger partial charge in [-0.2, -0.15) is 5.26 Å².